The predicted molar refractivity (Wildman–Crippen MR) is 247 cm³/mol. The molecule has 0 bridgehead atoms. The first kappa shape index (κ1) is 64.0. The fraction of sp³-hybridized carbons (Fsp3) is 0.698. The van der Waals surface area contributed by atoms with Gasteiger partial charge in [-0.15, -0.1) is 0 Å². The zero-order chi connectivity index (χ0) is 54.9. The molecule has 0 spiro atoms. The summed E-state index contributed by atoms with van der Waals surface area (Å²) in [5.74, 6) is -16.1. The molecular weight excluding hydrogens is 945 g/mol. The summed E-state index contributed by atoms with van der Waals surface area (Å²) >= 11 is 0. The number of carbonyl (C=O) groups excluding carboxylic acids is 9. The van der Waals surface area contributed by atoms with Crippen LogP contribution in [-0.2, 0) is 62.3 Å². The summed E-state index contributed by atoms with van der Waals surface area (Å²) in [7, 11) is 0. The van der Waals surface area contributed by atoms with Crippen LogP contribution in [0.2, 0.25) is 0 Å². The van der Waals surface area contributed by atoms with Crippen molar-refractivity contribution in [2.24, 2.45) is 29.2 Å². The molecule has 0 aromatic carbocycles. The van der Waals surface area contributed by atoms with Gasteiger partial charge in [0.1, 0.15) is 54.4 Å². The number of nitrogens with one attached hydrogen (secondary N) is 8. The minimum atomic E-state index is -1.81. The number of carboxylic acid groups (broad SMARTS) is 4. The Kier molecular flexibility index (Phi) is 28.9. The van der Waals surface area contributed by atoms with Crippen molar-refractivity contribution in [3.8, 4) is 0 Å². The number of aliphatic hydroxyl groups excluding tert-OH is 1. The molecule has 0 aromatic heterocycles. The van der Waals surface area contributed by atoms with Crippen LogP contribution in [0.3, 0.4) is 0 Å². The van der Waals surface area contributed by atoms with Crippen molar-refractivity contribution >= 4 is 77.0 Å². The molecular formula is C43H72N10O18. The molecule has 28 nitrogen and oxygen atoms in total. The third-order valence-electron chi connectivity index (χ3n) is 10.2. The number of amides is 9. The van der Waals surface area contributed by atoms with Gasteiger partial charge < -0.3 is 79.5 Å². The van der Waals surface area contributed by atoms with Crippen LogP contribution in [0.1, 0.15) is 113 Å². The molecule has 0 aromatic rings. The second-order valence-electron chi connectivity index (χ2n) is 18.1. The van der Waals surface area contributed by atoms with Gasteiger partial charge in [-0.25, -0.2) is 4.79 Å². The number of rotatable bonds is 35. The lowest BCUT2D eigenvalue weighted by Gasteiger charge is -2.28. The van der Waals surface area contributed by atoms with Gasteiger partial charge in [-0.2, -0.15) is 0 Å². The highest BCUT2D eigenvalue weighted by molar-refractivity contribution is 5.99. The lowest BCUT2D eigenvalue weighted by molar-refractivity contribution is -0.143. The number of carbonyl (C=O) groups is 13. The topological polar surface area (TPSA) is 471 Å². The molecule has 0 saturated carbocycles. The second kappa shape index (κ2) is 32.0. The number of hydrogen-bond acceptors (Lipinski definition) is 15. The van der Waals surface area contributed by atoms with Gasteiger partial charge in [-0.05, 0) is 63.2 Å². The van der Waals surface area contributed by atoms with E-state index in [1.807, 2.05) is 0 Å². The van der Waals surface area contributed by atoms with Crippen molar-refractivity contribution in [2.75, 3.05) is 6.61 Å². The molecule has 0 rings (SSSR count). The first-order valence-corrected chi connectivity index (χ1v) is 22.8. The van der Waals surface area contributed by atoms with E-state index in [1.165, 1.54) is 0 Å². The molecule has 0 heterocycles. The molecule has 28 heteroatoms. The van der Waals surface area contributed by atoms with Crippen molar-refractivity contribution in [1.82, 2.24) is 42.5 Å². The SMILES string of the molecule is CC(C)C[C@H](NC(=O)[C@H](CCC(=O)O)NC(=O)[C@H](CCC(N)=O)NC(=O)[C@H](CCC(=O)O)NC(=O)[C@H](CC(C)C)NC(=O)[C@H](C)NC(=O)[C@H](CC(=O)O)NC(=O)[C@H](CC(C)C)NC(=O)[C@@H](N)CO)C(=O)O. The smallest absolute Gasteiger partial charge is 0.326 e. The van der Waals surface area contributed by atoms with Crippen LogP contribution >= 0.6 is 0 Å². The van der Waals surface area contributed by atoms with E-state index in [9.17, 15) is 87.9 Å². The Hall–Kier alpha value is -6.97. The van der Waals surface area contributed by atoms with Crippen molar-refractivity contribution in [1.29, 1.82) is 0 Å². The molecule has 0 unspecified atom stereocenters. The van der Waals surface area contributed by atoms with Gasteiger partial charge in [-0.3, -0.25) is 57.5 Å². The molecule has 71 heavy (non-hydrogen) atoms. The average Bonchev–Trinajstić information content (AvgIpc) is 3.25. The molecule has 402 valence electrons. The van der Waals surface area contributed by atoms with E-state index in [2.05, 4.69) is 42.5 Å². The zero-order valence-corrected chi connectivity index (χ0v) is 40.9. The molecule has 0 radical (unpaired) electrons. The zero-order valence-electron chi connectivity index (χ0n) is 40.9. The van der Waals surface area contributed by atoms with E-state index in [0.29, 0.717) is 0 Å². The van der Waals surface area contributed by atoms with Crippen LogP contribution in [0.5, 0.6) is 0 Å². The third kappa shape index (κ3) is 26.6. The van der Waals surface area contributed by atoms with Gasteiger partial charge in [0.05, 0.1) is 13.0 Å². The summed E-state index contributed by atoms with van der Waals surface area (Å²) in [5.41, 5.74) is 10.8. The number of nitrogens with two attached hydrogens (primary N) is 2. The third-order valence-corrected chi connectivity index (χ3v) is 10.2. The Morgan fingerprint density at radius 3 is 1.04 bits per heavy atom. The van der Waals surface area contributed by atoms with Crippen LogP contribution < -0.4 is 54.0 Å². The number of hydrogen-bond donors (Lipinski definition) is 15. The lowest BCUT2D eigenvalue weighted by atomic mass is 10.0. The molecule has 0 aliphatic carbocycles. The van der Waals surface area contributed by atoms with Gasteiger partial charge in [0.15, 0.2) is 0 Å². The van der Waals surface area contributed by atoms with Crippen molar-refractivity contribution in [2.45, 2.75) is 167 Å². The lowest BCUT2D eigenvalue weighted by Crippen LogP contribution is -2.60. The monoisotopic (exact) mass is 1020 g/mol. The Morgan fingerprint density at radius 1 is 0.394 bits per heavy atom. The number of aliphatic hydroxyl groups is 1. The minimum absolute atomic E-state index is 0.00658. The van der Waals surface area contributed by atoms with Crippen LogP contribution in [-0.4, -0.2) is 164 Å². The summed E-state index contributed by atoms with van der Waals surface area (Å²) in [6.45, 7) is 10.5. The normalized spacial score (nSPS) is 14.9. The Morgan fingerprint density at radius 2 is 0.704 bits per heavy atom. The fourth-order valence-corrected chi connectivity index (χ4v) is 6.51. The average molecular weight is 1020 g/mol. The summed E-state index contributed by atoms with van der Waals surface area (Å²) in [5, 5.41) is 65.5. The first-order chi connectivity index (χ1) is 32.9. The number of primary amides is 1. The molecule has 0 fully saturated rings. The largest absolute Gasteiger partial charge is 0.481 e. The van der Waals surface area contributed by atoms with E-state index in [4.69, 9.17) is 11.5 Å². The molecule has 17 N–H and O–H groups in total. The molecule has 0 saturated heterocycles. The maximum absolute atomic E-state index is 13.9. The van der Waals surface area contributed by atoms with Gasteiger partial charge in [-0.1, -0.05) is 41.5 Å². The van der Waals surface area contributed by atoms with Crippen LogP contribution in [0.4, 0.5) is 0 Å². The van der Waals surface area contributed by atoms with E-state index in [1.54, 1.807) is 41.5 Å². The van der Waals surface area contributed by atoms with Gasteiger partial charge in [0.2, 0.25) is 53.2 Å². The molecule has 0 aliphatic heterocycles. The summed E-state index contributed by atoms with van der Waals surface area (Å²) < 4.78 is 0. The minimum Gasteiger partial charge on any atom is -0.481 e. The highest BCUT2D eigenvalue weighted by Crippen LogP contribution is 2.12. The molecule has 0 aliphatic rings. The predicted octanol–water partition coefficient (Wildman–Crippen LogP) is -4.10. The quantitative estimate of drug-likeness (QED) is 0.0287. The summed E-state index contributed by atoms with van der Waals surface area (Å²) in [6, 6.07) is -14.2. The highest BCUT2D eigenvalue weighted by atomic mass is 16.4. The van der Waals surface area contributed by atoms with Crippen molar-refractivity contribution in [3.63, 3.8) is 0 Å². The number of carboxylic acids is 4. The number of aliphatic carboxylic acids is 4. The molecule has 9 atom stereocenters. The van der Waals surface area contributed by atoms with Crippen molar-refractivity contribution < 1.29 is 87.9 Å². The Labute approximate surface area is 409 Å². The summed E-state index contributed by atoms with van der Waals surface area (Å²) in [6.07, 6.45) is -4.83. The fourth-order valence-electron chi connectivity index (χ4n) is 6.51. The van der Waals surface area contributed by atoms with E-state index in [0.717, 1.165) is 6.92 Å². The maximum atomic E-state index is 13.9. The molecule has 9 amide bonds. The Balaban J connectivity index is 6.57. The van der Waals surface area contributed by atoms with E-state index in [-0.39, 0.29) is 37.0 Å². The van der Waals surface area contributed by atoms with Crippen LogP contribution in [0.15, 0.2) is 0 Å². The summed E-state index contributed by atoms with van der Waals surface area (Å²) in [4.78, 5) is 166. The van der Waals surface area contributed by atoms with Gasteiger partial charge in [0, 0.05) is 19.3 Å². The van der Waals surface area contributed by atoms with Gasteiger partial charge in [0.25, 0.3) is 0 Å². The standard InChI is InChI=1S/C43H72N10O18/c1-19(2)14-27(50-35(62)22(7)46-40(67)29(17-34(60)61)52-42(69)28(15-20(3)4)51-36(63)23(44)18-54)41(68)49-25(9-12-32(56)57)38(65)47-24(8-11-31(45)55)37(64)48-26(10-13-33(58)59)39(66)53-30(43(70)71)16-21(5)6/h19-30,54H,8-18,44H2,1-7H3,(H2,45,55)(H,46,67)(H,47,65)(H,48,64)(H,49,68)(H,50,62)(H,51,63)(H,52,69)(H,53,66)(H,56,57)(H,58,59)(H,60,61)(H,70,71)/t22-,23-,24-,25-,26-,27-,28-,29-,30-/m0/s1. The van der Waals surface area contributed by atoms with E-state index < -0.39 is 183 Å². The van der Waals surface area contributed by atoms with Crippen LogP contribution in [0.25, 0.3) is 0 Å². The maximum Gasteiger partial charge on any atom is 0.326 e. The first-order valence-electron chi connectivity index (χ1n) is 22.8. The second-order valence-corrected chi connectivity index (χ2v) is 18.1. The van der Waals surface area contributed by atoms with Crippen LogP contribution in [0, 0.1) is 17.8 Å². The van der Waals surface area contributed by atoms with Crippen molar-refractivity contribution in [3.05, 3.63) is 0 Å². The van der Waals surface area contributed by atoms with Gasteiger partial charge >= 0.3 is 23.9 Å². The van der Waals surface area contributed by atoms with E-state index >= 15 is 0 Å². The highest BCUT2D eigenvalue weighted by Gasteiger charge is 2.35. The Bertz CT molecular complexity index is 1910.